The van der Waals surface area contributed by atoms with E-state index in [1.54, 1.807) is 0 Å². The molecule has 0 aromatic heterocycles. The lowest BCUT2D eigenvalue weighted by Crippen LogP contribution is -2.45. The summed E-state index contributed by atoms with van der Waals surface area (Å²) in [7, 11) is -3.78. The molecule has 7 heteroatoms. The van der Waals surface area contributed by atoms with Gasteiger partial charge in [-0.25, -0.2) is 12.8 Å². The first-order valence-corrected chi connectivity index (χ1v) is 9.47. The van der Waals surface area contributed by atoms with Gasteiger partial charge in [0.15, 0.2) is 0 Å². The minimum Gasteiger partial charge on any atom is -0.314 e. The molecule has 3 rings (SSSR count). The molecular weight excluding hydrogens is 327 g/mol. The summed E-state index contributed by atoms with van der Waals surface area (Å²) in [5.74, 6) is 0.0198. The molecule has 2 aliphatic rings. The minimum absolute atomic E-state index is 0.194. The summed E-state index contributed by atoms with van der Waals surface area (Å²) in [6, 6.07) is 4.05. The fourth-order valence-electron chi connectivity index (χ4n) is 2.78. The number of hydrogen-bond donors (Lipinski definition) is 1. The van der Waals surface area contributed by atoms with Crippen LogP contribution in [0.5, 0.6) is 0 Å². The normalized spacial score (nSPS) is 21.2. The highest BCUT2D eigenvalue weighted by molar-refractivity contribution is 7.89. The third-order valence-electron chi connectivity index (χ3n) is 4.36. The number of rotatable bonds is 5. The van der Waals surface area contributed by atoms with Crippen molar-refractivity contribution in [1.82, 2.24) is 9.62 Å². The fraction of sp³-hybridized carbons (Fsp3) is 0.600. The molecule has 1 aliphatic heterocycles. The van der Waals surface area contributed by atoms with Crippen molar-refractivity contribution in [2.24, 2.45) is 5.92 Å². The third kappa shape index (κ3) is 3.62. The molecule has 1 aromatic carbocycles. The predicted octanol–water partition coefficient (Wildman–Crippen LogP) is 2.63. The minimum atomic E-state index is -3.78. The van der Waals surface area contributed by atoms with Crippen molar-refractivity contribution in [2.45, 2.75) is 36.6 Å². The molecule has 0 radical (unpaired) electrons. The zero-order valence-corrected chi connectivity index (χ0v) is 13.8. The van der Waals surface area contributed by atoms with Crippen LogP contribution in [-0.2, 0) is 10.0 Å². The van der Waals surface area contributed by atoms with Crippen LogP contribution in [0.25, 0.3) is 0 Å². The summed E-state index contributed by atoms with van der Waals surface area (Å²) in [5.41, 5.74) is 0. The Balaban J connectivity index is 1.63. The molecule has 122 valence electrons. The maximum absolute atomic E-state index is 13.9. The predicted molar refractivity (Wildman–Crippen MR) is 83.9 cm³/mol. The third-order valence-corrected chi connectivity index (χ3v) is 6.52. The van der Waals surface area contributed by atoms with Crippen LogP contribution < -0.4 is 5.32 Å². The molecule has 1 N–H and O–H groups in total. The van der Waals surface area contributed by atoms with Crippen LogP contribution in [0.4, 0.5) is 4.39 Å². The lowest BCUT2D eigenvalue weighted by atomic mass is 10.1. The zero-order chi connectivity index (χ0) is 15.7. The zero-order valence-electron chi connectivity index (χ0n) is 12.3. The molecule has 1 aromatic rings. The molecule has 0 amide bonds. The van der Waals surface area contributed by atoms with Gasteiger partial charge < -0.3 is 5.32 Å². The van der Waals surface area contributed by atoms with E-state index in [0.717, 1.165) is 31.4 Å². The highest BCUT2D eigenvalue weighted by Crippen LogP contribution is 2.29. The van der Waals surface area contributed by atoms with Crippen LogP contribution in [0, 0.1) is 11.7 Å². The van der Waals surface area contributed by atoms with E-state index in [9.17, 15) is 12.8 Å². The Bertz CT molecular complexity index is 641. The molecule has 4 nitrogen and oxygen atoms in total. The number of nitrogens with zero attached hydrogens (tertiary/aromatic N) is 1. The average molecular weight is 347 g/mol. The summed E-state index contributed by atoms with van der Waals surface area (Å²) in [5, 5.41) is 3.70. The van der Waals surface area contributed by atoms with Crippen LogP contribution in [-0.4, -0.2) is 38.4 Å². The highest BCUT2D eigenvalue weighted by atomic mass is 35.5. The Morgan fingerprint density at radius 2 is 1.91 bits per heavy atom. The van der Waals surface area contributed by atoms with Gasteiger partial charge >= 0.3 is 0 Å². The van der Waals surface area contributed by atoms with Crippen LogP contribution in [0.15, 0.2) is 23.1 Å². The van der Waals surface area contributed by atoms with Crippen LogP contribution in [0.2, 0.25) is 5.02 Å². The topological polar surface area (TPSA) is 49.4 Å². The number of benzene rings is 1. The van der Waals surface area contributed by atoms with Crippen molar-refractivity contribution >= 4 is 21.6 Å². The van der Waals surface area contributed by atoms with Crippen molar-refractivity contribution in [2.75, 3.05) is 19.6 Å². The smallest absolute Gasteiger partial charge is 0.245 e. The Morgan fingerprint density at radius 3 is 2.50 bits per heavy atom. The van der Waals surface area contributed by atoms with Gasteiger partial charge in [-0.05, 0) is 56.3 Å². The fourth-order valence-corrected chi connectivity index (χ4v) is 4.45. The Hall–Kier alpha value is -0.690. The first kappa shape index (κ1) is 16.2. The first-order chi connectivity index (χ1) is 10.5. The standard InChI is InChI=1S/C15H20ClFN2O2S/c16-12-3-4-15(14(17)9-12)22(20,21)19-7-5-13(6-8-19)18-10-11-1-2-11/h3-4,9,11,13,18H,1-2,5-8,10H2. The molecule has 0 unspecified atom stereocenters. The number of nitrogens with one attached hydrogen (secondary N) is 1. The van der Waals surface area contributed by atoms with E-state index in [4.69, 9.17) is 11.6 Å². The monoisotopic (exact) mass is 346 g/mol. The second kappa shape index (κ2) is 6.43. The van der Waals surface area contributed by atoms with Crippen LogP contribution in [0.3, 0.4) is 0 Å². The van der Waals surface area contributed by atoms with Crippen molar-refractivity contribution in [3.63, 3.8) is 0 Å². The van der Waals surface area contributed by atoms with Gasteiger partial charge in [0.1, 0.15) is 10.7 Å². The van der Waals surface area contributed by atoms with E-state index >= 15 is 0 Å². The van der Waals surface area contributed by atoms with Crippen LogP contribution >= 0.6 is 11.6 Å². The molecule has 22 heavy (non-hydrogen) atoms. The Labute approximate surface area is 135 Å². The Kier molecular flexibility index (Phi) is 4.73. The largest absolute Gasteiger partial charge is 0.314 e. The van der Waals surface area contributed by atoms with E-state index in [2.05, 4.69) is 5.32 Å². The quantitative estimate of drug-likeness (QED) is 0.891. The van der Waals surface area contributed by atoms with Crippen molar-refractivity contribution in [3.05, 3.63) is 29.0 Å². The lowest BCUT2D eigenvalue weighted by molar-refractivity contribution is 0.287. The highest BCUT2D eigenvalue weighted by Gasteiger charge is 2.32. The van der Waals surface area contributed by atoms with Gasteiger partial charge in [-0.3, -0.25) is 0 Å². The molecule has 0 spiro atoms. The van der Waals surface area contributed by atoms with Gasteiger partial charge in [-0.1, -0.05) is 11.6 Å². The second-order valence-electron chi connectivity index (χ2n) is 6.10. The summed E-state index contributed by atoms with van der Waals surface area (Å²) < 4.78 is 40.3. The molecule has 2 fully saturated rings. The number of halogens is 2. The van der Waals surface area contributed by atoms with Gasteiger partial charge in [-0.2, -0.15) is 4.31 Å². The van der Waals surface area contributed by atoms with E-state index in [1.807, 2.05) is 0 Å². The van der Waals surface area contributed by atoms with E-state index in [-0.39, 0.29) is 9.92 Å². The summed E-state index contributed by atoms with van der Waals surface area (Å²) >= 11 is 5.68. The van der Waals surface area contributed by atoms with Gasteiger partial charge in [0.05, 0.1) is 0 Å². The Morgan fingerprint density at radius 1 is 1.23 bits per heavy atom. The lowest BCUT2D eigenvalue weighted by Gasteiger charge is -2.31. The van der Waals surface area contributed by atoms with Gasteiger partial charge in [0, 0.05) is 24.2 Å². The van der Waals surface area contributed by atoms with Crippen molar-refractivity contribution in [3.8, 4) is 0 Å². The average Bonchev–Trinajstić information content (AvgIpc) is 3.29. The van der Waals surface area contributed by atoms with Gasteiger partial charge in [0.25, 0.3) is 0 Å². The summed E-state index contributed by atoms with van der Waals surface area (Å²) in [6.45, 7) is 1.88. The van der Waals surface area contributed by atoms with E-state index in [1.165, 1.54) is 29.3 Å². The maximum atomic E-state index is 13.9. The van der Waals surface area contributed by atoms with Crippen LogP contribution in [0.1, 0.15) is 25.7 Å². The number of hydrogen-bond acceptors (Lipinski definition) is 3. The number of piperidine rings is 1. The molecule has 0 bridgehead atoms. The summed E-state index contributed by atoms with van der Waals surface area (Å²) in [4.78, 5) is -0.290. The maximum Gasteiger partial charge on any atom is 0.245 e. The molecule has 1 heterocycles. The van der Waals surface area contributed by atoms with Gasteiger partial charge in [0.2, 0.25) is 10.0 Å². The van der Waals surface area contributed by atoms with E-state index in [0.29, 0.717) is 19.1 Å². The molecule has 1 aliphatic carbocycles. The number of sulfonamides is 1. The van der Waals surface area contributed by atoms with Crippen molar-refractivity contribution < 1.29 is 12.8 Å². The molecule has 1 saturated carbocycles. The van der Waals surface area contributed by atoms with Crippen molar-refractivity contribution in [1.29, 1.82) is 0 Å². The summed E-state index contributed by atoms with van der Waals surface area (Å²) in [6.07, 6.45) is 4.13. The molecule has 1 saturated heterocycles. The molecular formula is C15H20ClFN2O2S. The SMILES string of the molecule is O=S(=O)(c1ccc(Cl)cc1F)N1CCC(NCC2CC2)CC1. The first-order valence-electron chi connectivity index (χ1n) is 7.65. The van der Waals surface area contributed by atoms with E-state index < -0.39 is 15.8 Å². The van der Waals surface area contributed by atoms with Gasteiger partial charge in [-0.15, -0.1) is 0 Å². The molecule has 0 atom stereocenters. The second-order valence-corrected chi connectivity index (χ2v) is 8.45.